The molecule has 0 aliphatic carbocycles. The zero-order valence-electron chi connectivity index (χ0n) is 15.8. The minimum atomic E-state index is -0.0874. The summed E-state index contributed by atoms with van der Waals surface area (Å²) < 4.78 is 11.2. The van der Waals surface area contributed by atoms with Gasteiger partial charge in [-0.15, -0.1) is 0 Å². The molecule has 0 radical (unpaired) electrons. The second-order valence-corrected chi connectivity index (χ2v) is 6.48. The van der Waals surface area contributed by atoms with Crippen molar-refractivity contribution >= 4 is 11.7 Å². The van der Waals surface area contributed by atoms with Crippen LogP contribution in [0, 0.1) is 0 Å². The van der Waals surface area contributed by atoms with Crippen molar-refractivity contribution in [3.63, 3.8) is 0 Å². The largest absolute Gasteiger partial charge is 0.497 e. The number of pyridine rings is 1. The number of amides is 1. The van der Waals surface area contributed by atoms with E-state index >= 15 is 0 Å². The van der Waals surface area contributed by atoms with Gasteiger partial charge < -0.3 is 14.8 Å². The molecular weight excluding hydrogens is 354 g/mol. The molecule has 2 heterocycles. The quantitative estimate of drug-likeness (QED) is 0.711. The fourth-order valence-corrected chi connectivity index (χ4v) is 3.33. The zero-order chi connectivity index (χ0) is 19.5. The number of hydrogen-bond donors (Lipinski definition) is 1. The van der Waals surface area contributed by atoms with Crippen LogP contribution in [0.25, 0.3) is 0 Å². The van der Waals surface area contributed by atoms with Crippen molar-refractivity contribution in [2.75, 3.05) is 19.1 Å². The van der Waals surface area contributed by atoms with Gasteiger partial charge >= 0.3 is 0 Å². The molecule has 6 heteroatoms. The number of para-hydroxylation sites is 1. The number of aromatic nitrogens is 1. The van der Waals surface area contributed by atoms with Crippen molar-refractivity contribution in [2.24, 2.45) is 0 Å². The van der Waals surface area contributed by atoms with Crippen LogP contribution in [0.2, 0.25) is 0 Å². The smallest absolute Gasteiger partial charge is 0.260 e. The molecule has 0 atom stereocenters. The van der Waals surface area contributed by atoms with Crippen LogP contribution < -0.4 is 19.7 Å². The summed E-state index contributed by atoms with van der Waals surface area (Å²) in [5.74, 6) is 2.29. The lowest BCUT2D eigenvalue weighted by Crippen LogP contribution is -2.24. The van der Waals surface area contributed by atoms with Crippen LogP contribution in [0.1, 0.15) is 21.5 Å². The third-order valence-electron chi connectivity index (χ3n) is 4.66. The van der Waals surface area contributed by atoms with Crippen LogP contribution in [-0.4, -0.2) is 25.0 Å². The first-order valence-electron chi connectivity index (χ1n) is 9.06. The minimum absolute atomic E-state index is 0.0874. The van der Waals surface area contributed by atoms with Crippen molar-refractivity contribution in [1.29, 1.82) is 0 Å². The Hall–Kier alpha value is -3.38. The Labute approximate surface area is 163 Å². The van der Waals surface area contributed by atoms with Crippen LogP contribution in [-0.2, 0) is 13.1 Å². The highest BCUT2D eigenvalue weighted by Crippen LogP contribution is 2.33. The van der Waals surface area contributed by atoms with Gasteiger partial charge in [0.15, 0.2) is 0 Å². The van der Waals surface area contributed by atoms with E-state index in [0.717, 1.165) is 11.1 Å². The van der Waals surface area contributed by atoms with E-state index < -0.39 is 0 Å². The average molecular weight is 375 g/mol. The predicted molar refractivity (Wildman–Crippen MR) is 107 cm³/mol. The number of fused-ring (bicyclic) bond motifs is 1. The lowest BCUT2D eigenvalue weighted by molar-refractivity contribution is 0.0995. The molecule has 0 saturated heterocycles. The van der Waals surface area contributed by atoms with Gasteiger partial charge in [-0.2, -0.15) is 4.98 Å². The first-order valence-corrected chi connectivity index (χ1v) is 9.06. The fraction of sp³-hybridized carbons (Fsp3) is 0.182. The van der Waals surface area contributed by atoms with E-state index in [1.165, 1.54) is 0 Å². The fourth-order valence-electron chi connectivity index (χ4n) is 3.33. The molecule has 0 spiro atoms. The average Bonchev–Trinajstić information content (AvgIpc) is 3.06. The number of benzene rings is 2. The first kappa shape index (κ1) is 18.0. The highest BCUT2D eigenvalue weighted by Gasteiger charge is 2.32. The van der Waals surface area contributed by atoms with Gasteiger partial charge in [0.2, 0.25) is 5.88 Å². The summed E-state index contributed by atoms with van der Waals surface area (Å²) >= 11 is 0. The van der Waals surface area contributed by atoms with E-state index in [2.05, 4.69) is 10.3 Å². The number of hydrogen-bond acceptors (Lipinski definition) is 5. The number of carbonyl (C=O) groups excluding carboxylic acids is 1. The van der Waals surface area contributed by atoms with Crippen molar-refractivity contribution < 1.29 is 14.3 Å². The molecule has 0 bridgehead atoms. The van der Waals surface area contributed by atoms with Crippen molar-refractivity contribution in [3.8, 4) is 17.4 Å². The Morgan fingerprint density at radius 2 is 1.89 bits per heavy atom. The number of nitrogens with zero attached hydrogens (tertiary/aromatic N) is 2. The molecule has 2 aromatic carbocycles. The molecule has 1 aromatic heterocycles. The summed E-state index contributed by atoms with van der Waals surface area (Å²) in [6.07, 6.45) is 0. The van der Waals surface area contributed by atoms with E-state index in [0.29, 0.717) is 41.8 Å². The van der Waals surface area contributed by atoms with Gasteiger partial charge in [-0.3, -0.25) is 9.69 Å². The van der Waals surface area contributed by atoms with Gasteiger partial charge in [0.1, 0.15) is 17.3 Å². The Bertz CT molecular complexity index is 1010. The molecule has 0 unspecified atom stereocenters. The number of rotatable bonds is 6. The Morgan fingerprint density at radius 3 is 2.64 bits per heavy atom. The summed E-state index contributed by atoms with van der Waals surface area (Å²) in [5.41, 5.74) is 2.70. The maximum Gasteiger partial charge on any atom is 0.260 e. The molecule has 1 amide bonds. The number of anilines is 1. The van der Waals surface area contributed by atoms with E-state index in [9.17, 15) is 4.79 Å². The van der Waals surface area contributed by atoms with Crippen LogP contribution in [0.3, 0.4) is 0 Å². The summed E-state index contributed by atoms with van der Waals surface area (Å²) in [5, 5.41) is 3.15. The first-order chi connectivity index (χ1) is 13.7. The second kappa shape index (κ2) is 7.70. The normalized spacial score (nSPS) is 12.8. The van der Waals surface area contributed by atoms with Crippen molar-refractivity contribution in [2.45, 2.75) is 13.1 Å². The van der Waals surface area contributed by atoms with Gasteiger partial charge in [0.05, 0.1) is 13.7 Å². The van der Waals surface area contributed by atoms with Gasteiger partial charge in [-0.05, 0) is 48.5 Å². The highest BCUT2D eigenvalue weighted by molar-refractivity contribution is 6.10. The lowest BCUT2D eigenvalue weighted by Gasteiger charge is -2.15. The summed E-state index contributed by atoms with van der Waals surface area (Å²) in [6.45, 7) is 1.13. The summed E-state index contributed by atoms with van der Waals surface area (Å²) in [4.78, 5) is 19.3. The molecule has 1 N–H and O–H groups in total. The summed E-state index contributed by atoms with van der Waals surface area (Å²) in [6, 6.07) is 18.6. The molecule has 28 heavy (non-hydrogen) atoms. The molecule has 1 aliphatic rings. The predicted octanol–water partition coefficient (Wildman–Crippen LogP) is 3.76. The Balaban J connectivity index is 1.64. The molecular formula is C22H21N3O3. The van der Waals surface area contributed by atoms with Crippen molar-refractivity contribution in [1.82, 2.24) is 10.3 Å². The highest BCUT2D eigenvalue weighted by atomic mass is 16.5. The van der Waals surface area contributed by atoms with E-state index in [1.54, 1.807) is 24.1 Å². The standard InChI is InChI=1S/C22H21N3O3/c1-23-13-15-11-17(27-2)12-18-19(15)14-25(22(18)26)20-9-6-10-21(24-20)28-16-7-4-3-5-8-16/h3-12,23H,13-14H2,1-2H3. The lowest BCUT2D eigenvalue weighted by atomic mass is 10.0. The van der Waals surface area contributed by atoms with Crippen LogP contribution in [0.15, 0.2) is 60.7 Å². The zero-order valence-corrected chi connectivity index (χ0v) is 15.8. The number of nitrogens with one attached hydrogen (secondary N) is 1. The maximum atomic E-state index is 13.1. The molecule has 6 nitrogen and oxygen atoms in total. The molecule has 0 fully saturated rings. The van der Waals surface area contributed by atoms with Gasteiger partial charge in [0, 0.05) is 18.2 Å². The van der Waals surface area contributed by atoms with Crippen LogP contribution >= 0.6 is 0 Å². The molecule has 0 saturated carbocycles. The summed E-state index contributed by atoms with van der Waals surface area (Å²) in [7, 11) is 3.49. The maximum absolute atomic E-state index is 13.1. The van der Waals surface area contributed by atoms with Crippen LogP contribution in [0.4, 0.5) is 5.82 Å². The van der Waals surface area contributed by atoms with E-state index in [4.69, 9.17) is 9.47 Å². The molecule has 3 aromatic rings. The van der Waals surface area contributed by atoms with Crippen LogP contribution in [0.5, 0.6) is 17.4 Å². The topological polar surface area (TPSA) is 63.7 Å². The van der Waals surface area contributed by atoms with Gasteiger partial charge in [-0.25, -0.2) is 0 Å². The second-order valence-electron chi connectivity index (χ2n) is 6.48. The number of carbonyl (C=O) groups is 1. The number of ether oxygens (including phenoxy) is 2. The van der Waals surface area contributed by atoms with Crippen molar-refractivity contribution in [3.05, 3.63) is 77.4 Å². The Morgan fingerprint density at radius 1 is 1.07 bits per heavy atom. The molecule has 4 rings (SSSR count). The third-order valence-corrected chi connectivity index (χ3v) is 4.66. The molecule has 1 aliphatic heterocycles. The minimum Gasteiger partial charge on any atom is -0.497 e. The van der Waals surface area contributed by atoms with E-state index in [-0.39, 0.29) is 5.91 Å². The van der Waals surface area contributed by atoms with Gasteiger partial charge in [0.25, 0.3) is 5.91 Å². The Kier molecular flexibility index (Phi) is 4.95. The van der Waals surface area contributed by atoms with E-state index in [1.807, 2.05) is 55.6 Å². The van der Waals surface area contributed by atoms with Gasteiger partial charge in [-0.1, -0.05) is 24.3 Å². The third kappa shape index (κ3) is 3.42. The SMILES string of the molecule is CNCc1cc(OC)cc2c1CN(c1cccc(Oc3ccccc3)n1)C2=O. The monoisotopic (exact) mass is 375 g/mol. The molecule has 142 valence electrons. The number of methoxy groups -OCH3 is 1.